The van der Waals surface area contributed by atoms with E-state index in [-0.39, 0.29) is 19.2 Å². The number of anilines is 1. The lowest BCUT2D eigenvalue weighted by Crippen LogP contribution is -2.51. The van der Waals surface area contributed by atoms with Crippen molar-refractivity contribution in [1.29, 1.82) is 0 Å². The summed E-state index contributed by atoms with van der Waals surface area (Å²) >= 11 is 0. The van der Waals surface area contributed by atoms with Crippen LogP contribution in [-0.2, 0) is 11.4 Å². The molecule has 0 unspecified atom stereocenters. The standard InChI is InChI=1S/C18H23N3O3/c1-2-21(10-17(23)24)15-8-14(9-15)19-18-13(11-22)7-12-5-3-4-6-16(12)20-18/h3-7,14-15,22H,2,8-11H2,1H3,(H,19,20)(H,23,24). The van der Waals surface area contributed by atoms with Crippen molar-refractivity contribution >= 4 is 22.7 Å². The number of aliphatic hydroxyl groups is 1. The van der Waals surface area contributed by atoms with Crippen LogP contribution < -0.4 is 5.32 Å². The Kier molecular flexibility index (Phi) is 4.97. The van der Waals surface area contributed by atoms with Crippen molar-refractivity contribution in [2.45, 2.75) is 38.5 Å². The number of para-hydroxylation sites is 1. The van der Waals surface area contributed by atoms with Crippen LogP contribution in [0, 0.1) is 0 Å². The van der Waals surface area contributed by atoms with Crippen LogP contribution in [0.3, 0.4) is 0 Å². The van der Waals surface area contributed by atoms with Gasteiger partial charge in [-0.25, -0.2) is 4.98 Å². The first-order valence-corrected chi connectivity index (χ1v) is 8.32. The molecule has 3 rings (SSSR count). The lowest BCUT2D eigenvalue weighted by molar-refractivity contribution is -0.139. The molecule has 0 radical (unpaired) electrons. The second-order valence-corrected chi connectivity index (χ2v) is 6.27. The number of pyridine rings is 1. The van der Waals surface area contributed by atoms with Crippen LogP contribution in [0.2, 0.25) is 0 Å². The fourth-order valence-corrected chi connectivity index (χ4v) is 3.28. The molecule has 0 bridgehead atoms. The van der Waals surface area contributed by atoms with Gasteiger partial charge in [0.05, 0.1) is 18.7 Å². The van der Waals surface area contributed by atoms with E-state index in [4.69, 9.17) is 5.11 Å². The van der Waals surface area contributed by atoms with Gasteiger partial charge in [-0.3, -0.25) is 9.69 Å². The van der Waals surface area contributed by atoms with Gasteiger partial charge in [0, 0.05) is 23.0 Å². The minimum atomic E-state index is -0.785. The number of carboxylic acid groups (broad SMARTS) is 1. The lowest BCUT2D eigenvalue weighted by atomic mass is 9.85. The van der Waals surface area contributed by atoms with Gasteiger partial charge in [0.25, 0.3) is 0 Å². The average Bonchev–Trinajstić information content (AvgIpc) is 2.54. The van der Waals surface area contributed by atoms with Gasteiger partial charge in [-0.1, -0.05) is 25.1 Å². The number of aliphatic carboxylic acids is 1. The number of hydrogen-bond acceptors (Lipinski definition) is 5. The summed E-state index contributed by atoms with van der Waals surface area (Å²) in [6.07, 6.45) is 1.78. The Morgan fingerprint density at radius 2 is 2.12 bits per heavy atom. The number of fused-ring (bicyclic) bond motifs is 1. The van der Waals surface area contributed by atoms with Crippen LogP contribution in [-0.4, -0.2) is 51.2 Å². The van der Waals surface area contributed by atoms with Crippen LogP contribution in [0.5, 0.6) is 0 Å². The molecular formula is C18H23N3O3. The molecule has 0 spiro atoms. The number of carbonyl (C=O) groups is 1. The summed E-state index contributed by atoms with van der Waals surface area (Å²) in [7, 11) is 0. The van der Waals surface area contributed by atoms with Crippen LogP contribution in [0.25, 0.3) is 10.9 Å². The molecule has 1 fully saturated rings. The zero-order valence-corrected chi connectivity index (χ0v) is 13.8. The van der Waals surface area contributed by atoms with Gasteiger partial charge in [-0.2, -0.15) is 0 Å². The maximum absolute atomic E-state index is 10.9. The molecule has 1 aromatic heterocycles. The summed E-state index contributed by atoms with van der Waals surface area (Å²) in [6.45, 7) is 2.75. The number of nitrogens with zero attached hydrogens (tertiary/aromatic N) is 2. The lowest BCUT2D eigenvalue weighted by Gasteiger charge is -2.42. The second-order valence-electron chi connectivity index (χ2n) is 6.27. The van der Waals surface area contributed by atoms with E-state index in [0.717, 1.165) is 41.7 Å². The molecule has 0 saturated heterocycles. The van der Waals surface area contributed by atoms with Gasteiger partial charge in [-0.15, -0.1) is 0 Å². The highest BCUT2D eigenvalue weighted by Gasteiger charge is 2.34. The number of hydrogen-bond donors (Lipinski definition) is 3. The van der Waals surface area contributed by atoms with Crippen molar-refractivity contribution in [1.82, 2.24) is 9.88 Å². The van der Waals surface area contributed by atoms with Crippen LogP contribution in [0.15, 0.2) is 30.3 Å². The third-order valence-electron chi connectivity index (χ3n) is 4.69. The molecule has 24 heavy (non-hydrogen) atoms. The first kappa shape index (κ1) is 16.7. The van der Waals surface area contributed by atoms with Gasteiger partial charge in [-0.05, 0) is 31.5 Å². The van der Waals surface area contributed by atoms with Crippen LogP contribution in [0.4, 0.5) is 5.82 Å². The van der Waals surface area contributed by atoms with Gasteiger partial charge < -0.3 is 15.5 Å². The van der Waals surface area contributed by atoms with Crippen LogP contribution in [0.1, 0.15) is 25.3 Å². The zero-order chi connectivity index (χ0) is 17.1. The van der Waals surface area contributed by atoms with E-state index in [1.165, 1.54) is 0 Å². The number of aromatic nitrogens is 1. The highest BCUT2D eigenvalue weighted by molar-refractivity contribution is 5.81. The predicted octanol–water partition coefficient (Wildman–Crippen LogP) is 2.08. The van der Waals surface area contributed by atoms with E-state index < -0.39 is 5.97 Å². The molecule has 2 aromatic rings. The van der Waals surface area contributed by atoms with Crippen LogP contribution >= 0.6 is 0 Å². The topological polar surface area (TPSA) is 85.7 Å². The number of benzene rings is 1. The van der Waals surface area contributed by atoms with Crippen molar-refractivity contribution in [2.75, 3.05) is 18.4 Å². The number of likely N-dealkylation sites (N-methyl/N-ethyl adjacent to an activating group) is 1. The van der Waals surface area contributed by atoms with Crippen molar-refractivity contribution in [3.05, 3.63) is 35.9 Å². The Morgan fingerprint density at radius 3 is 2.79 bits per heavy atom. The fraction of sp³-hybridized carbons (Fsp3) is 0.444. The maximum atomic E-state index is 10.9. The molecule has 3 N–H and O–H groups in total. The summed E-state index contributed by atoms with van der Waals surface area (Å²) in [5.41, 5.74) is 1.68. The number of nitrogens with one attached hydrogen (secondary N) is 1. The van der Waals surface area contributed by atoms with Crippen molar-refractivity contribution in [3.8, 4) is 0 Å². The fourth-order valence-electron chi connectivity index (χ4n) is 3.28. The Bertz CT molecular complexity index is 729. The third-order valence-corrected chi connectivity index (χ3v) is 4.69. The summed E-state index contributed by atoms with van der Waals surface area (Å²) < 4.78 is 0. The highest BCUT2D eigenvalue weighted by atomic mass is 16.4. The molecule has 1 aliphatic rings. The molecular weight excluding hydrogens is 306 g/mol. The van der Waals surface area contributed by atoms with Gasteiger partial charge >= 0.3 is 5.97 Å². The molecule has 0 atom stereocenters. The Balaban J connectivity index is 1.67. The first-order chi connectivity index (χ1) is 11.6. The maximum Gasteiger partial charge on any atom is 0.317 e. The molecule has 1 saturated carbocycles. The summed E-state index contributed by atoms with van der Waals surface area (Å²) in [5.74, 6) is -0.0621. The quantitative estimate of drug-likeness (QED) is 0.721. The summed E-state index contributed by atoms with van der Waals surface area (Å²) in [5, 5.41) is 23.0. The zero-order valence-electron chi connectivity index (χ0n) is 13.8. The number of aliphatic hydroxyl groups excluding tert-OH is 1. The molecule has 6 nitrogen and oxygen atoms in total. The minimum absolute atomic E-state index is 0.0591. The van der Waals surface area contributed by atoms with E-state index in [1.54, 1.807) is 0 Å². The SMILES string of the molecule is CCN(CC(=O)O)C1CC(Nc2nc3ccccc3cc2CO)C1. The molecule has 6 heteroatoms. The van der Waals surface area contributed by atoms with E-state index in [9.17, 15) is 9.90 Å². The van der Waals surface area contributed by atoms with Gasteiger partial charge in [0.2, 0.25) is 0 Å². The number of rotatable bonds is 7. The van der Waals surface area contributed by atoms with E-state index in [0.29, 0.717) is 6.04 Å². The van der Waals surface area contributed by atoms with Gasteiger partial charge in [0.1, 0.15) is 5.82 Å². The van der Waals surface area contributed by atoms with Crippen molar-refractivity contribution in [3.63, 3.8) is 0 Å². The molecule has 1 aromatic carbocycles. The monoisotopic (exact) mass is 329 g/mol. The van der Waals surface area contributed by atoms with Crippen molar-refractivity contribution in [2.24, 2.45) is 0 Å². The molecule has 1 heterocycles. The summed E-state index contributed by atoms with van der Waals surface area (Å²) in [6, 6.07) is 10.4. The molecule has 128 valence electrons. The molecule has 0 amide bonds. The van der Waals surface area contributed by atoms with E-state index >= 15 is 0 Å². The van der Waals surface area contributed by atoms with Gasteiger partial charge in [0.15, 0.2) is 0 Å². The van der Waals surface area contributed by atoms with E-state index in [2.05, 4.69) is 10.3 Å². The Morgan fingerprint density at radius 1 is 1.38 bits per heavy atom. The summed E-state index contributed by atoms with van der Waals surface area (Å²) in [4.78, 5) is 17.5. The highest BCUT2D eigenvalue weighted by Crippen LogP contribution is 2.30. The largest absolute Gasteiger partial charge is 0.480 e. The second kappa shape index (κ2) is 7.15. The molecule has 0 aliphatic heterocycles. The predicted molar refractivity (Wildman–Crippen MR) is 93.0 cm³/mol. The Labute approximate surface area is 141 Å². The molecule has 1 aliphatic carbocycles. The number of carboxylic acids is 1. The smallest absolute Gasteiger partial charge is 0.317 e. The van der Waals surface area contributed by atoms with E-state index in [1.807, 2.05) is 42.2 Å². The normalized spacial score (nSPS) is 20.1. The van der Waals surface area contributed by atoms with Crippen molar-refractivity contribution < 1.29 is 15.0 Å². The Hall–Kier alpha value is -2.18. The minimum Gasteiger partial charge on any atom is -0.480 e. The third kappa shape index (κ3) is 3.49. The average molecular weight is 329 g/mol. The first-order valence-electron chi connectivity index (χ1n) is 8.32.